The Hall–Kier alpha value is -2.27. The summed E-state index contributed by atoms with van der Waals surface area (Å²) in [7, 11) is 0. The van der Waals surface area contributed by atoms with Crippen LogP contribution in [0.15, 0.2) is 36.8 Å². The number of nitrogens with zero attached hydrogens (tertiary/aromatic N) is 4. The summed E-state index contributed by atoms with van der Waals surface area (Å²) in [5.74, 6) is 0.696. The van der Waals surface area contributed by atoms with Crippen LogP contribution in [0.25, 0.3) is 32.0 Å². The number of imidazole rings is 1. The number of thiophene rings is 1. The van der Waals surface area contributed by atoms with Crippen LogP contribution in [0, 0.1) is 0 Å². The van der Waals surface area contributed by atoms with Gasteiger partial charge in [-0.15, -0.1) is 0 Å². The molecule has 0 N–H and O–H groups in total. The third-order valence-corrected chi connectivity index (χ3v) is 4.98. The molecule has 5 rings (SSSR count). The zero-order valence-electron chi connectivity index (χ0n) is 13.4. The monoisotopic (exact) mass is 282 g/mol. The standard InChI is InChI=1S/C15H11N4S/c1-18-13-12-11(3-2-5-17-12)20-15(13)19-8-9-4-6-16-7-10(9)14(18)19/h2-7H,8H2,1H3/q+1/i1D3. The van der Waals surface area contributed by atoms with Gasteiger partial charge in [-0.05, 0) is 18.2 Å². The zero-order valence-corrected chi connectivity index (χ0v) is 11.2. The van der Waals surface area contributed by atoms with Crippen molar-refractivity contribution in [3.05, 3.63) is 42.4 Å². The molecule has 0 saturated heterocycles. The summed E-state index contributed by atoms with van der Waals surface area (Å²) in [6.45, 7) is -1.61. The van der Waals surface area contributed by atoms with Gasteiger partial charge >= 0.3 is 0 Å². The number of hydrogen-bond donors (Lipinski definition) is 0. The fraction of sp³-hybridized carbons (Fsp3) is 0.133. The van der Waals surface area contributed by atoms with Crippen LogP contribution >= 0.6 is 11.3 Å². The maximum atomic E-state index is 8.03. The summed E-state index contributed by atoms with van der Waals surface area (Å²) in [6.07, 6.45) is 5.20. The van der Waals surface area contributed by atoms with Gasteiger partial charge in [-0.25, -0.2) is 9.13 Å². The predicted octanol–water partition coefficient (Wildman–Crippen LogP) is 2.50. The van der Waals surface area contributed by atoms with Gasteiger partial charge in [0.25, 0.3) is 5.82 Å². The molecule has 0 unspecified atom stereocenters. The van der Waals surface area contributed by atoms with Crippen LogP contribution in [0.4, 0.5) is 0 Å². The number of aromatic nitrogens is 4. The molecule has 4 aromatic rings. The van der Waals surface area contributed by atoms with Crippen molar-refractivity contribution >= 4 is 31.9 Å². The van der Waals surface area contributed by atoms with Gasteiger partial charge in [0.05, 0.1) is 21.4 Å². The third kappa shape index (κ3) is 1.10. The lowest BCUT2D eigenvalue weighted by atomic mass is 10.2. The Balaban J connectivity index is 2.01. The first-order chi connectivity index (χ1) is 11.1. The molecule has 1 aliphatic heterocycles. The lowest BCUT2D eigenvalue weighted by Gasteiger charge is -1.94. The van der Waals surface area contributed by atoms with Crippen molar-refractivity contribution in [2.75, 3.05) is 0 Å². The average Bonchev–Trinajstić information content (AvgIpc) is 3.13. The van der Waals surface area contributed by atoms with E-state index >= 15 is 0 Å². The minimum Gasteiger partial charge on any atom is -0.264 e. The van der Waals surface area contributed by atoms with Gasteiger partial charge in [0.15, 0.2) is 0 Å². The van der Waals surface area contributed by atoms with E-state index in [-0.39, 0.29) is 0 Å². The molecule has 0 atom stereocenters. The molecule has 0 aliphatic carbocycles. The predicted molar refractivity (Wildman–Crippen MR) is 78.6 cm³/mol. The highest BCUT2D eigenvalue weighted by Gasteiger charge is 2.35. The molecule has 1 aliphatic rings. The fourth-order valence-electron chi connectivity index (χ4n) is 2.96. The molecule has 0 fully saturated rings. The van der Waals surface area contributed by atoms with E-state index in [1.54, 1.807) is 29.9 Å². The maximum absolute atomic E-state index is 8.03. The third-order valence-electron chi connectivity index (χ3n) is 3.82. The van der Waals surface area contributed by atoms with Crippen molar-refractivity contribution in [3.8, 4) is 11.4 Å². The molecular weight excluding hydrogens is 268 g/mol. The van der Waals surface area contributed by atoms with E-state index in [1.165, 1.54) is 4.57 Å². The molecule has 4 nitrogen and oxygen atoms in total. The summed E-state index contributed by atoms with van der Waals surface area (Å²) in [5.41, 5.74) is 3.42. The minimum atomic E-state index is -2.28. The first-order valence-electron chi connectivity index (χ1n) is 7.81. The van der Waals surface area contributed by atoms with Crippen LogP contribution in [0.1, 0.15) is 9.68 Å². The van der Waals surface area contributed by atoms with Crippen molar-refractivity contribution in [2.45, 2.75) is 6.54 Å². The number of rotatable bonds is 0. The molecule has 20 heavy (non-hydrogen) atoms. The van der Waals surface area contributed by atoms with Crippen LogP contribution in [0.3, 0.4) is 0 Å². The summed E-state index contributed by atoms with van der Waals surface area (Å²) in [6, 6.07) is 5.80. The molecule has 4 aromatic heterocycles. The van der Waals surface area contributed by atoms with E-state index in [0.717, 1.165) is 26.2 Å². The smallest absolute Gasteiger partial charge is 0.264 e. The van der Waals surface area contributed by atoms with Crippen molar-refractivity contribution in [3.63, 3.8) is 0 Å². The Labute approximate surface area is 123 Å². The Bertz CT molecular complexity index is 1090. The Morgan fingerprint density at radius 3 is 3.35 bits per heavy atom. The van der Waals surface area contributed by atoms with Crippen molar-refractivity contribution in [1.29, 1.82) is 0 Å². The average molecular weight is 282 g/mol. The Morgan fingerprint density at radius 1 is 1.40 bits per heavy atom. The number of hydrogen-bond acceptors (Lipinski definition) is 3. The van der Waals surface area contributed by atoms with E-state index in [9.17, 15) is 0 Å². The molecule has 0 saturated carbocycles. The van der Waals surface area contributed by atoms with E-state index in [4.69, 9.17) is 4.11 Å². The fourth-order valence-corrected chi connectivity index (χ4v) is 4.10. The van der Waals surface area contributed by atoms with Crippen LogP contribution < -0.4 is 4.57 Å². The first-order valence-corrected chi connectivity index (χ1v) is 7.13. The van der Waals surface area contributed by atoms with Gasteiger partial charge in [-0.3, -0.25) is 9.97 Å². The quantitative estimate of drug-likeness (QED) is 0.409. The summed E-state index contributed by atoms with van der Waals surface area (Å²) >= 11 is 1.58. The summed E-state index contributed by atoms with van der Waals surface area (Å²) < 4.78 is 28.6. The summed E-state index contributed by atoms with van der Waals surface area (Å²) in [4.78, 5) is 9.54. The maximum Gasteiger partial charge on any atom is 0.292 e. The number of fused-ring (bicyclic) bond motifs is 7. The van der Waals surface area contributed by atoms with E-state index in [0.29, 0.717) is 17.9 Å². The minimum absolute atomic E-state index is 0.666. The summed E-state index contributed by atoms with van der Waals surface area (Å²) in [5, 5.41) is 0. The highest BCUT2D eigenvalue weighted by Crippen LogP contribution is 2.36. The van der Waals surface area contributed by atoms with E-state index in [1.807, 2.05) is 18.2 Å². The molecular formula is C15H11N4S+. The highest BCUT2D eigenvalue weighted by atomic mass is 32.1. The largest absolute Gasteiger partial charge is 0.292 e. The highest BCUT2D eigenvalue weighted by molar-refractivity contribution is 7.25. The normalized spacial score (nSPS) is 15.9. The zero-order chi connectivity index (χ0) is 15.8. The van der Waals surface area contributed by atoms with Gasteiger partial charge in [-0.2, -0.15) is 0 Å². The number of pyridine rings is 2. The van der Waals surface area contributed by atoms with Gasteiger partial charge in [0.1, 0.15) is 12.1 Å². The Morgan fingerprint density at radius 2 is 2.40 bits per heavy atom. The molecule has 0 amide bonds. The van der Waals surface area contributed by atoms with Gasteiger partial charge < -0.3 is 0 Å². The van der Waals surface area contributed by atoms with Crippen molar-refractivity contribution in [2.24, 2.45) is 6.98 Å². The molecule has 96 valence electrons. The van der Waals surface area contributed by atoms with E-state index < -0.39 is 6.98 Å². The molecule has 5 heterocycles. The topological polar surface area (TPSA) is 34.6 Å². The van der Waals surface area contributed by atoms with Crippen molar-refractivity contribution < 1.29 is 8.68 Å². The molecule has 0 radical (unpaired) electrons. The molecule has 0 aromatic carbocycles. The van der Waals surface area contributed by atoms with E-state index in [2.05, 4.69) is 14.5 Å². The second kappa shape index (κ2) is 3.43. The van der Waals surface area contributed by atoms with Gasteiger partial charge in [0, 0.05) is 24.2 Å². The molecule has 0 bridgehead atoms. The van der Waals surface area contributed by atoms with Crippen molar-refractivity contribution in [1.82, 2.24) is 14.5 Å². The lowest BCUT2D eigenvalue weighted by Crippen LogP contribution is -2.30. The second-order valence-corrected chi connectivity index (χ2v) is 5.91. The van der Waals surface area contributed by atoms with Crippen LogP contribution in [0.5, 0.6) is 0 Å². The number of aryl methyl sites for hydroxylation is 1. The Kier molecular flexibility index (Phi) is 1.39. The van der Waals surface area contributed by atoms with Gasteiger partial charge in [-0.1, -0.05) is 11.3 Å². The SMILES string of the molecule is [2H]C([2H])([2H])n1c2[n+](c3sc4cccnc4c31)Cc1ccncc1-2. The molecule has 5 heteroatoms. The second-order valence-electron chi connectivity index (χ2n) is 4.88. The van der Waals surface area contributed by atoms with Gasteiger partial charge in [0.2, 0.25) is 10.3 Å². The lowest BCUT2D eigenvalue weighted by molar-refractivity contribution is -0.644. The molecule has 0 spiro atoms. The van der Waals surface area contributed by atoms with Crippen LogP contribution in [-0.4, -0.2) is 14.5 Å². The van der Waals surface area contributed by atoms with Crippen LogP contribution in [-0.2, 0) is 13.5 Å². The van der Waals surface area contributed by atoms with Crippen LogP contribution in [0.2, 0.25) is 0 Å². The first kappa shape index (κ1) is 8.11.